The Hall–Kier alpha value is -3.11. The van der Waals surface area contributed by atoms with Gasteiger partial charge in [-0.2, -0.15) is 8.42 Å². The molecule has 1 N–H and O–H groups in total. The number of thioether (sulfide) groups is 1. The van der Waals surface area contributed by atoms with Gasteiger partial charge in [0.2, 0.25) is 11.8 Å². The first-order valence-corrected chi connectivity index (χ1v) is 11.6. The average Bonchev–Trinajstić information content (AvgIpc) is 3.03. The summed E-state index contributed by atoms with van der Waals surface area (Å²) in [6, 6.07) is 14.5. The van der Waals surface area contributed by atoms with Crippen LogP contribution in [0.2, 0.25) is 0 Å². The molecule has 1 heterocycles. The van der Waals surface area contributed by atoms with Crippen molar-refractivity contribution >= 4 is 44.5 Å². The Balaban J connectivity index is 1.75. The van der Waals surface area contributed by atoms with E-state index in [-0.39, 0.29) is 28.9 Å². The average molecular weight is 460 g/mol. The Labute approximate surface area is 185 Å². The zero-order valence-electron chi connectivity index (χ0n) is 16.7. The number of nitrogens with zero attached hydrogens (tertiary/aromatic N) is 2. The molecule has 0 saturated carbocycles. The summed E-state index contributed by atoms with van der Waals surface area (Å²) in [4.78, 5) is 26.5. The number of ether oxygens (including phenoxy) is 1. The lowest BCUT2D eigenvalue weighted by molar-refractivity contribution is -0.127. The van der Waals surface area contributed by atoms with Crippen LogP contribution < -0.4 is 10.1 Å². The van der Waals surface area contributed by atoms with E-state index < -0.39 is 21.2 Å². The number of hydrogen-bond acceptors (Lipinski definition) is 6. The van der Waals surface area contributed by atoms with Crippen molar-refractivity contribution in [2.24, 2.45) is 4.40 Å². The van der Waals surface area contributed by atoms with Crippen molar-refractivity contribution in [1.82, 2.24) is 4.90 Å². The van der Waals surface area contributed by atoms with E-state index in [2.05, 4.69) is 16.3 Å². The summed E-state index contributed by atoms with van der Waals surface area (Å²) < 4.78 is 34.2. The molecular formula is C21H21N3O5S2. The number of amides is 2. The van der Waals surface area contributed by atoms with E-state index in [9.17, 15) is 18.0 Å². The number of anilines is 1. The number of amidine groups is 1. The van der Waals surface area contributed by atoms with E-state index in [0.29, 0.717) is 11.4 Å². The molecule has 1 aliphatic rings. The lowest BCUT2D eigenvalue weighted by Gasteiger charge is -2.13. The SMILES string of the molecule is C=CCN1C(=O)C(CC(=O)Nc2ccc(OC)cc2)S/C1=N\S(=O)(=O)c1ccccc1. The Morgan fingerprint density at radius 2 is 1.90 bits per heavy atom. The van der Waals surface area contributed by atoms with Crippen molar-refractivity contribution < 1.29 is 22.7 Å². The number of rotatable bonds is 8. The number of hydrogen-bond donors (Lipinski definition) is 1. The van der Waals surface area contributed by atoms with E-state index in [4.69, 9.17) is 4.74 Å². The minimum absolute atomic E-state index is 0.0230. The minimum Gasteiger partial charge on any atom is -0.497 e. The summed E-state index contributed by atoms with van der Waals surface area (Å²) in [5.74, 6) is -0.112. The number of sulfonamides is 1. The van der Waals surface area contributed by atoms with Gasteiger partial charge in [0.05, 0.1) is 12.0 Å². The van der Waals surface area contributed by atoms with Gasteiger partial charge < -0.3 is 10.1 Å². The summed E-state index contributed by atoms with van der Waals surface area (Å²) in [6.07, 6.45) is 1.34. The molecular weight excluding hydrogens is 438 g/mol. The maximum atomic E-state index is 12.8. The molecule has 10 heteroatoms. The molecule has 0 spiro atoms. The van der Waals surface area contributed by atoms with Crippen molar-refractivity contribution in [3.8, 4) is 5.75 Å². The van der Waals surface area contributed by atoms with Crippen molar-refractivity contribution in [2.75, 3.05) is 19.0 Å². The molecule has 1 unspecified atom stereocenters. The maximum Gasteiger partial charge on any atom is 0.284 e. The van der Waals surface area contributed by atoms with Gasteiger partial charge in [0.1, 0.15) is 11.0 Å². The molecule has 1 aliphatic heterocycles. The standard InChI is InChI=1S/C21H21N3O5S2/c1-3-13-24-20(26)18(14-19(25)22-15-9-11-16(29-2)12-10-15)30-21(24)23-31(27,28)17-7-5-4-6-8-17/h3-12,18H,1,13-14H2,2H3,(H,22,25)/b23-21-. The molecule has 2 amide bonds. The van der Waals surface area contributed by atoms with Crippen LogP contribution in [-0.4, -0.2) is 49.2 Å². The van der Waals surface area contributed by atoms with Crippen LogP contribution in [0.5, 0.6) is 5.75 Å². The van der Waals surface area contributed by atoms with Crippen LogP contribution in [-0.2, 0) is 19.6 Å². The highest BCUT2D eigenvalue weighted by molar-refractivity contribution is 8.16. The summed E-state index contributed by atoms with van der Waals surface area (Å²) >= 11 is 0.952. The highest BCUT2D eigenvalue weighted by atomic mass is 32.2. The second-order valence-electron chi connectivity index (χ2n) is 6.49. The second-order valence-corrected chi connectivity index (χ2v) is 9.26. The molecule has 0 aromatic heterocycles. The molecule has 1 fully saturated rings. The molecule has 2 aromatic carbocycles. The van der Waals surface area contributed by atoms with Crippen LogP contribution in [0.3, 0.4) is 0 Å². The third-order valence-corrected chi connectivity index (χ3v) is 6.89. The van der Waals surface area contributed by atoms with Crippen LogP contribution in [0, 0.1) is 0 Å². The zero-order chi connectivity index (χ0) is 22.4. The number of nitrogens with one attached hydrogen (secondary N) is 1. The lowest BCUT2D eigenvalue weighted by atomic mass is 10.2. The van der Waals surface area contributed by atoms with Crippen molar-refractivity contribution in [1.29, 1.82) is 0 Å². The summed E-state index contributed by atoms with van der Waals surface area (Å²) in [5.41, 5.74) is 0.560. The molecule has 1 atom stereocenters. The molecule has 1 saturated heterocycles. The fourth-order valence-electron chi connectivity index (χ4n) is 2.81. The third-order valence-electron chi connectivity index (χ3n) is 4.32. The van der Waals surface area contributed by atoms with E-state index in [0.717, 1.165) is 11.8 Å². The fourth-order valence-corrected chi connectivity index (χ4v) is 5.20. The number of carbonyl (C=O) groups excluding carboxylic acids is 2. The van der Waals surface area contributed by atoms with Crippen LogP contribution in [0.4, 0.5) is 5.69 Å². The first-order valence-electron chi connectivity index (χ1n) is 9.27. The van der Waals surface area contributed by atoms with E-state index in [1.54, 1.807) is 49.6 Å². The van der Waals surface area contributed by atoms with Gasteiger partial charge in [-0.3, -0.25) is 14.5 Å². The van der Waals surface area contributed by atoms with Crippen molar-refractivity contribution in [3.05, 3.63) is 67.3 Å². The molecule has 31 heavy (non-hydrogen) atoms. The molecule has 0 radical (unpaired) electrons. The van der Waals surface area contributed by atoms with Crippen molar-refractivity contribution in [3.63, 3.8) is 0 Å². The van der Waals surface area contributed by atoms with Gasteiger partial charge in [-0.25, -0.2) is 0 Å². The topological polar surface area (TPSA) is 105 Å². The molecule has 162 valence electrons. The van der Waals surface area contributed by atoms with Crippen LogP contribution in [0.15, 0.2) is 76.5 Å². The highest BCUT2D eigenvalue weighted by Gasteiger charge is 2.39. The van der Waals surface area contributed by atoms with Crippen LogP contribution >= 0.6 is 11.8 Å². The minimum atomic E-state index is -4.00. The van der Waals surface area contributed by atoms with Crippen molar-refractivity contribution in [2.45, 2.75) is 16.6 Å². The highest BCUT2D eigenvalue weighted by Crippen LogP contribution is 2.31. The Morgan fingerprint density at radius 1 is 1.23 bits per heavy atom. The van der Waals surface area contributed by atoms with E-state index in [1.165, 1.54) is 23.1 Å². The lowest BCUT2D eigenvalue weighted by Crippen LogP contribution is -2.33. The zero-order valence-corrected chi connectivity index (χ0v) is 18.4. The van der Waals surface area contributed by atoms with Crippen LogP contribution in [0.25, 0.3) is 0 Å². The molecule has 0 aliphatic carbocycles. The normalized spacial score (nSPS) is 17.6. The van der Waals surface area contributed by atoms with Gasteiger partial charge in [-0.15, -0.1) is 11.0 Å². The summed E-state index contributed by atoms with van der Waals surface area (Å²) in [7, 11) is -2.45. The third kappa shape index (κ3) is 5.53. The molecule has 8 nitrogen and oxygen atoms in total. The monoisotopic (exact) mass is 459 g/mol. The summed E-state index contributed by atoms with van der Waals surface area (Å²) in [6.45, 7) is 3.70. The number of methoxy groups -OCH3 is 1. The van der Waals surface area contributed by atoms with Gasteiger partial charge in [-0.05, 0) is 36.4 Å². The largest absolute Gasteiger partial charge is 0.497 e. The molecule has 2 aromatic rings. The second kappa shape index (κ2) is 9.80. The first-order chi connectivity index (χ1) is 14.8. The van der Waals surface area contributed by atoms with Gasteiger partial charge in [-0.1, -0.05) is 36.0 Å². The quantitative estimate of drug-likeness (QED) is 0.609. The summed E-state index contributed by atoms with van der Waals surface area (Å²) in [5, 5.41) is 1.95. The van der Waals surface area contributed by atoms with Gasteiger partial charge in [0.25, 0.3) is 10.0 Å². The predicted molar refractivity (Wildman–Crippen MR) is 121 cm³/mol. The van der Waals surface area contributed by atoms with Crippen LogP contribution in [0.1, 0.15) is 6.42 Å². The van der Waals surface area contributed by atoms with Gasteiger partial charge in [0.15, 0.2) is 5.17 Å². The smallest absolute Gasteiger partial charge is 0.284 e. The Bertz CT molecular complexity index is 1100. The van der Waals surface area contributed by atoms with E-state index in [1.807, 2.05) is 0 Å². The Morgan fingerprint density at radius 3 is 2.52 bits per heavy atom. The van der Waals surface area contributed by atoms with Gasteiger partial charge in [0, 0.05) is 18.7 Å². The van der Waals surface area contributed by atoms with E-state index >= 15 is 0 Å². The maximum absolute atomic E-state index is 12.8. The fraction of sp³-hybridized carbons (Fsp3) is 0.190. The number of benzene rings is 2. The predicted octanol–water partition coefficient (Wildman–Crippen LogP) is 2.90. The molecule has 0 bridgehead atoms. The first kappa shape index (κ1) is 22.6. The van der Waals surface area contributed by atoms with Gasteiger partial charge >= 0.3 is 0 Å². The molecule has 3 rings (SSSR count). The number of carbonyl (C=O) groups is 2. The Kier molecular flexibility index (Phi) is 7.13.